The number of rotatable bonds is 7. The van der Waals surface area contributed by atoms with Crippen LogP contribution in [0.5, 0.6) is 5.75 Å². The van der Waals surface area contributed by atoms with E-state index in [9.17, 15) is 14.4 Å². The summed E-state index contributed by atoms with van der Waals surface area (Å²) in [5.41, 5.74) is 0.803. The van der Waals surface area contributed by atoms with Gasteiger partial charge in [0, 0.05) is 37.4 Å². The van der Waals surface area contributed by atoms with Gasteiger partial charge in [0.25, 0.3) is 5.91 Å². The van der Waals surface area contributed by atoms with Crippen molar-refractivity contribution in [3.63, 3.8) is 0 Å². The lowest BCUT2D eigenvalue weighted by Crippen LogP contribution is -2.47. The highest BCUT2D eigenvalue weighted by Gasteiger charge is 2.26. The van der Waals surface area contributed by atoms with Crippen LogP contribution in [0.25, 0.3) is 11.0 Å². The minimum Gasteiger partial charge on any atom is -0.449 e. The highest BCUT2D eigenvalue weighted by Crippen LogP contribution is 2.23. The lowest BCUT2D eigenvalue weighted by Gasteiger charge is -2.34. The second-order valence-electron chi connectivity index (χ2n) is 8.83. The number of hydrogen-bond acceptors (Lipinski definition) is 7. The molecule has 36 heavy (non-hydrogen) atoms. The molecule has 1 aliphatic heterocycles. The van der Waals surface area contributed by atoms with Gasteiger partial charge in [-0.3, -0.25) is 9.59 Å². The van der Waals surface area contributed by atoms with Crippen LogP contribution in [0, 0.1) is 0 Å². The zero-order valence-electron chi connectivity index (χ0n) is 19.9. The summed E-state index contributed by atoms with van der Waals surface area (Å²) in [4.78, 5) is 48.0. The Bertz CT molecular complexity index is 1270. The van der Waals surface area contributed by atoms with E-state index in [1.807, 2.05) is 0 Å². The van der Waals surface area contributed by atoms with E-state index < -0.39 is 18.0 Å². The van der Waals surface area contributed by atoms with E-state index in [0.29, 0.717) is 27.9 Å². The van der Waals surface area contributed by atoms with Gasteiger partial charge >= 0.3 is 6.16 Å². The molecule has 0 bridgehead atoms. The molecule has 0 saturated carbocycles. The summed E-state index contributed by atoms with van der Waals surface area (Å²) in [6, 6.07) is 8.00. The SMILES string of the molecule is CC(C)N1CCC(NC(=O)c2nc3ccc(OC(=O)O)cc3n2CC(=O)Nc2ccc(Cl)cn2)CC1. The van der Waals surface area contributed by atoms with Crippen molar-refractivity contribution in [1.82, 2.24) is 24.8 Å². The molecule has 3 N–H and O–H groups in total. The Balaban J connectivity index is 1.59. The third-order valence-electron chi connectivity index (χ3n) is 6.02. The number of imidazole rings is 1. The molecule has 11 nitrogen and oxygen atoms in total. The number of anilines is 1. The first-order valence-electron chi connectivity index (χ1n) is 11.6. The van der Waals surface area contributed by atoms with Crippen LogP contribution in [0.2, 0.25) is 5.02 Å². The number of amides is 2. The molecule has 1 saturated heterocycles. The van der Waals surface area contributed by atoms with E-state index in [-0.39, 0.29) is 24.2 Å². The molecular formula is C24H27ClN6O5. The number of nitrogens with zero attached hydrogens (tertiary/aromatic N) is 4. The largest absolute Gasteiger partial charge is 0.511 e. The topological polar surface area (TPSA) is 139 Å². The van der Waals surface area contributed by atoms with Crippen LogP contribution in [0.15, 0.2) is 36.5 Å². The summed E-state index contributed by atoms with van der Waals surface area (Å²) in [5, 5.41) is 15.1. The van der Waals surface area contributed by atoms with Gasteiger partial charge in [-0.15, -0.1) is 0 Å². The number of nitrogens with one attached hydrogen (secondary N) is 2. The molecule has 1 aliphatic rings. The van der Waals surface area contributed by atoms with Gasteiger partial charge in [-0.05, 0) is 51.0 Å². The Morgan fingerprint density at radius 2 is 1.94 bits per heavy atom. The van der Waals surface area contributed by atoms with Crippen LogP contribution >= 0.6 is 11.6 Å². The van der Waals surface area contributed by atoms with Crippen LogP contribution in [-0.4, -0.2) is 67.7 Å². The van der Waals surface area contributed by atoms with E-state index in [4.69, 9.17) is 21.4 Å². The maximum absolute atomic E-state index is 13.3. The summed E-state index contributed by atoms with van der Waals surface area (Å²) in [7, 11) is 0. The van der Waals surface area contributed by atoms with Crippen LogP contribution in [0.3, 0.4) is 0 Å². The number of likely N-dealkylation sites (tertiary alicyclic amines) is 1. The fourth-order valence-corrected chi connectivity index (χ4v) is 4.30. The number of ether oxygens (including phenoxy) is 1. The van der Waals surface area contributed by atoms with Gasteiger partial charge in [-0.1, -0.05) is 11.6 Å². The Morgan fingerprint density at radius 1 is 1.19 bits per heavy atom. The summed E-state index contributed by atoms with van der Waals surface area (Å²) in [5.74, 6) is -0.473. The fourth-order valence-electron chi connectivity index (χ4n) is 4.19. The lowest BCUT2D eigenvalue weighted by molar-refractivity contribution is -0.116. The molecule has 0 atom stereocenters. The summed E-state index contributed by atoms with van der Waals surface area (Å²) < 4.78 is 6.20. The van der Waals surface area contributed by atoms with Crippen molar-refractivity contribution < 1.29 is 24.2 Å². The van der Waals surface area contributed by atoms with Gasteiger partial charge in [0.05, 0.1) is 16.1 Å². The van der Waals surface area contributed by atoms with Gasteiger partial charge in [0.1, 0.15) is 18.1 Å². The van der Waals surface area contributed by atoms with Crippen molar-refractivity contribution in [3.05, 3.63) is 47.4 Å². The first-order chi connectivity index (χ1) is 17.2. The molecule has 2 aromatic heterocycles. The molecule has 1 aromatic carbocycles. The van der Waals surface area contributed by atoms with Gasteiger partial charge in [0.15, 0.2) is 0 Å². The van der Waals surface area contributed by atoms with Crippen LogP contribution in [-0.2, 0) is 11.3 Å². The minimum atomic E-state index is -1.47. The number of carbonyl (C=O) groups excluding carboxylic acids is 2. The zero-order chi connectivity index (χ0) is 25.8. The second kappa shape index (κ2) is 10.9. The Labute approximate surface area is 212 Å². The monoisotopic (exact) mass is 514 g/mol. The Kier molecular flexibility index (Phi) is 7.70. The number of piperidine rings is 1. The van der Waals surface area contributed by atoms with E-state index in [2.05, 4.69) is 39.3 Å². The molecule has 4 rings (SSSR count). The Hall–Kier alpha value is -3.70. The average molecular weight is 515 g/mol. The van der Waals surface area contributed by atoms with Crippen molar-refractivity contribution in [2.24, 2.45) is 0 Å². The van der Waals surface area contributed by atoms with E-state index >= 15 is 0 Å². The van der Waals surface area contributed by atoms with Crippen molar-refractivity contribution in [2.45, 2.75) is 45.3 Å². The van der Waals surface area contributed by atoms with E-state index in [0.717, 1.165) is 25.9 Å². The minimum absolute atomic E-state index is 0.0150. The number of pyridine rings is 1. The predicted octanol–water partition coefficient (Wildman–Crippen LogP) is 3.38. The Morgan fingerprint density at radius 3 is 2.58 bits per heavy atom. The van der Waals surface area contributed by atoms with Crippen molar-refractivity contribution in [2.75, 3.05) is 18.4 Å². The fraction of sp³-hybridized carbons (Fsp3) is 0.375. The van der Waals surface area contributed by atoms with Crippen LogP contribution in [0.4, 0.5) is 10.6 Å². The molecule has 12 heteroatoms. The maximum atomic E-state index is 13.3. The molecule has 3 aromatic rings. The van der Waals surface area contributed by atoms with Gasteiger partial charge < -0.3 is 29.9 Å². The molecule has 3 heterocycles. The summed E-state index contributed by atoms with van der Waals surface area (Å²) in [6.07, 6.45) is 1.55. The maximum Gasteiger partial charge on any atom is 0.511 e. The number of carbonyl (C=O) groups is 3. The first kappa shape index (κ1) is 25.4. The van der Waals surface area contributed by atoms with Gasteiger partial charge in [-0.25, -0.2) is 14.8 Å². The normalized spacial score (nSPS) is 14.7. The average Bonchev–Trinajstić information content (AvgIpc) is 3.18. The molecule has 190 valence electrons. The van der Waals surface area contributed by atoms with Crippen molar-refractivity contribution >= 4 is 46.4 Å². The van der Waals surface area contributed by atoms with Crippen molar-refractivity contribution in [1.29, 1.82) is 0 Å². The number of fused-ring (bicyclic) bond motifs is 1. The summed E-state index contributed by atoms with van der Waals surface area (Å²) >= 11 is 5.85. The number of aromatic nitrogens is 3. The third kappa shape index (κ3) is 6.10. The summed E-state index contributed by atoms with van der Waals surface area (Å²) in [6.45, 7) is 5.80. The molecule has 1 fully saturated rings. The molecule has 2 amide bonds. The molecular weight excluding hydrogens is 488 g/mol. The smallest absolute Gasteiger partial charge is 0.449 e. The second-order valence-corrected chi connectivity index (χ2v) is 9.26. The highest BCUT2D eigenvalue weighted by molar-refractivity contribution is 6.30. The van der Waals surface area contributed by atoms with Crippen molar-refractivity contribution in [3.8, 4) is 5.75 Å². The molecule has 0 unspecified atom stereocenters. The number of hydrogen-bond donors (Lipinski definition) is 3. The molecule has 0 radical (unpaired) electrons. The van der Waals surface area contributed by atoms with Gasteiger partial charge in [0.2, 0.25) is 11.7 Å². The number of benzene rings is 1. The van der Waals surface area contributed by atoms with Crippen LogP contribution < -0.4 is 15.4 Å². The standard InChI is InChI=1S/C24H27ClN6O5/c1-14(2)30-9-7-16(8-10-30)27-23(33)22-28-18-5-4-17(36-24(34)35)11-19(18)31(22)13-21(32)29-20-6-3-15(25)12-26-20/h3-6,11-12,14,16H,7-10,13H2,1-2H3,(H,27,33)(H,34,35)(H,26,29,32). The molecule has 0 aliphatic carbocycles. The number of carboxylic acid groups (broad SMARTS) is 1. The van der Waals surface area contributed by atoms with E-state index in [1.165, 1.54) is 22.9 Å². The van der Waals surface area contributed by atoms with Gasteiger partial charge in [-0.2, -0.15) is 0 Å². The quantitative estimate of drug-likeness (QED) is 0.322. The number of halogens is 1. The lowest BCUT2D eigenvalue weighted by atomic mass is 10.0. The zero-order valence-corrected chi connectivity index (χ0v) is 20.7. The van der Waals surface area contributed by atoms with Crippen LogP contribution in [0.1, 0.15) is 37.3 Å². The van der Waals surface area contributed by atoms with E-state index in [1.54, 1.807) is 18.2 Å². The predicted molar refractivity (Wildman–Crippen MR) is 133 cm³/mol. The first-order valence-corrected chi connectivity index (χ1v) is 11.9. The third-order valence-corrected chi connectivity index (χ3v) is 6.24. The molecule has 0 spiro atoms. The highest BCUT2D eigenvalue weighted by atomic mass is 35.5.